The van der Waals surface area contributed by atoms with Crippen molar-refractivity contribution >= 4 is 5.91 Å². The minimum absolute atomic E-state index is 0.0433. The molecule has 3 rings (SSSR count). The molecule has 1 aliphatic heterocycles. The first kappa shape index (κ1) is 19.9. The number of carbonyl (C=O) groups excluding carboxylic acids is 1. The minimum Gasteiger partial charge on any atom is -0.392 e. The van der Waals surface area contributed by atoms with Gasteiger partial charge in [0, 0.05) is 13.1 Å². The van der Waals surface area contributed by atoms with Gasteiger partial charge in [-0.25, -0.2) is 0 Å². The highest BCUT2D eigenvalue weighted by atomic mass is 16.3. The summed E-state index contributed by atoms with van der Waals surface area (Å²) in [4.78, 5) is 14.8. The van der Waals surface area contributed by atoms with E-state index in [0.29, 0.717) is 24.6 Å². The van der Waals surface area contributed by atoms with Gasteiger partial charge in [-0.05, 0) is 49.4 Å². The zero-order chi connectivity index (χ0) is 19.1. The average Bonchev–Trinajstić information content (AvgIpc) is 3.15. The van der Waals surface area contributed by atoms with Crippen LogP contribution in [0.2, 0.25) is 0 Å². The molecule has 1 heterocycles. The highest BCUT2D eigenvalue weighted by molar-refractivity contribution is 5.82. The summed E-state index contributed by atoms with van der Waals surface area (Å²) in [5.74, 6) is 0.696. The van der Waals surface area contributed by atoms with Crippen molar-refractivity contribution in [3.63, 3.8) is 0 Å². The number of rotatable bonds is 7. The fraction of sp³-hybridized carbons (Fsp3) is 0.636. The second kappa shape index (κ2) is 9.87. The zero-order valence-corrected chi connectivity index (χ0v) is 16.1. The van der Waals surface area contributed by atoms with Gasteiger partial charge < -0.3 is 10.4 Å². The van der Waals surface area contributed by atoms with Crippen LogP contribution >= 0.6 is 0 Å². The Bertz CT molecular complexity index is 647. The number of nitrogens with zero attached hydrogens (tertiary/aromatic N) is 2. The number of benzene rings is 1. The molecule has 146 valence electrons. The molecule has 1 aliphatic carbocycles. The second-order valence-electron chi connectivity index (χ2n) is 8.07. The minimum atomic E-state index is -0.333. The zero-order valence-electron chi connectivity index (χ0n) is 16.1. The molecule has 1 unspecified atom stereocenters. The Morgan fingerprint density at radius 1 is 1.19 bits per heavy atom. The lowest BCUT2D eigenvalue weighted by Gasteiger charge is -2.29. The topological polar surface area (TPSA) is 76.4 Å². The van der Waals surface area contributed by atoms with E-state index in [9.17, 15) is 9.90 Å². The molecule has 2 aliphatic rings. The van der Waals surface area contributed by atoms with Gasteiger partial charge in [0.05, 0.1) is 23.8 Å². The van der Waals surface area contributed by atoms with Crippen LogP contribution in [0.25, 0.3) is 0 Å². The van der Waals surface area contributed by atoms with E-state index in [4.69, 9.17) is 5.26 Å². The molecule has 0 spiro atoms. The van der Waals surface area contributed by atoms with Crippen molar-refractivity contribution in [2.45, 2.75) is 70.1 Å². The normalized spacial score (nSPS) is 22.3. The largest absolute Gasteiger partial charge is 0.392 e. The lowest BCUT2D eigenvalue weighted by atomic mass is 9.85. The number of nitriles is 1. The summed E-state index contributed by atoms with van der Waals surface area (Å²) in [6.07, 6.45) is 8.80. The summed E-state index contributed by atoms with van der Waals surface area (Å²) >= 11 is 0. The van der Waals surface area contributed by atoms with E-state index in [2.05, 4.69) is 16.3 Å². The van der Waals surface area contributed by atoms with E-state index >= 15 is 0 Å². The number of aliphatic hydroxyl groups excluding tert-OH is 1. The van der Waals surface area contributed by atoms with E-state index in [0.717, 1.165) is 31.4 Å². The molecule has 5 nitrogen and oxygen atoms in total. The van der Waals surface area contributed by atoms with E-state index in [-0.39, 0.29) is 18.1 Å². The molecule has 1 amide bonds. The van der Waals surface area contributed by atoms with Gasteiger partial charge in [0.15, 0.2) is 0 Å². The molecule has 2 fully saturated rings. The molecule has 1 aromatic carbocycles. The molecule has 0 aromatic heterocycles. The number of nitrogens with one attached hydrogen (secondary N) is 1. The molecule has 27 heavy (non-hydrogen) atoms. The average molecular weight is 370 g/mol. The first-order valence-corrected chi connectivity index (χ1v) is 10.3. The number of likely N-dealkylation sites (tertiary alicyclic amines) is 1. The Morgan fingerprint density at radius 2 is 1.93 bits per heavy atom. The van der Waals surface area contributed by atoms with Crippen LogP contribution in [0.1, 0.15) is 62.5 Å². The third kappa shape index (κ3) is 5.79. The third-order valence-electron chi connectivity index (χ3n) is 5.99. The molecule has 5 heteroatoms. The summed E-state index contributed by atoms with van der Waals surface area (Å²) < 4.78 is 0. The monoisotopic (exact) mass is 369 g/mol. The van der Waals surface area contributed by atoms with Gasteiger partial charge >= 0.3 is 0 Å². The Morgan fingerprint density at radius 3 is 2.63 bits per heavy atom. The molecule has 2 N–H and O–H groups in total. The molecular weight excluding hydrogens is 338 g/mol. The number of aliphatic hydroxyl groups is 1. The van der Waals surface area contributed by atoms with Crippen molar-refractivity contribution in [3.05, 3.63) is 35.4 Å². The summed E-state index contributed by atoms with van der Waals surface area (Å²) in [5.41, 5.74) is 1.61. The fourth-order valence-corrected chi connectivity index (χ4v) is 4.50. The van der Waals surface area contributed by atoms with Crippen molar-refractivity contribution in [1.82, 2.24) is 10.2 Å². The summed E-state index contributed by atoms with van der Waals surface area (Å²) in [6.45, 7) is 1.96. The van der Waals surface area contributed by atoms with E-state index in [1.54, 1.807) is 12.1 Å². The van der Waals surface area contributed by atoms with Gasteiger partial charge in [-0.1, -0.05) is 44.2 Å². The maximum atomic E-state index is 12.6. The molecule has 1 aromatic rings. The molecule has 0 radical (unpaired) electrons. The van der Waals surface area contributed by atoms with Crippen molar-refractivity contribution in [3.8, 4) is 6.07 Å². The number of amides is 1. The number of hydrogen-bond acceptors (Lipinski definition) is 4. The van der Waals surface area contributed by atoms with Crippen LogP contribution in [0.15, 0.2) is 24.3 Å². The van der Waals surface area contributed by atoms with Crippen molar-refractivity contribution < 1.29 is 9.90 Å². The molecular formula is C22H31N3O2. The van der Waals surface area contributed by atoms with Crippen LogP contribution in [0.3, 0.4) is 0 Å². The van der Waals surface area contributed by atoms with Crippen molar-refractivity contribution in [1.29, 1.82) is 5.26 Å². The number of carbonyl (C=O) groups is 1. The maximum absolute atomic E-state index is 12.6. The first-order chi connectivity index (χ1) is 13.2. The van der Waals surface area contributed by atoms with E-state index in [1.807, 2.05) is 12.1 Å². The summed E-state index contributed by atoms with van der Waals surface area (Å²) in [6, 6.07) is 9.25. The van der Waals surface area contributed by atoms with Crippen LogP contribution in [0, 0.1) is 17.2 Å². The summed E-state index contributed by atoms with van der Waals surface area (Å²) in [7, 11) is 0. The lowest BCUT2D eigenvalue weighted by Crippen LogP contribution is -2.45. The van der Waals surface area contributed by atoms with Crippen LogP contribution in [0.5, 0.6) is 0 Å². The summed E-state index contributed by atoms with van der Waals surface area (Å²) in [5, 5.41) is 22.4. The Kier molecular flexibility index (Phi) is 7.25. The standard InChI is InChI=1S/C22H31N3O2/c23-14-18-8-10-19(11-9-18)15-24-22(27)21-7-4-12-25(21)16-20(26)13-17-5-2-1-3-6-17/h8-11,17,20-21,26H,1-7,12-13,15-16H2,(H,24,27)/t20?,21-/m0/s1. The maximum Gasteiger partial charge on any atom is 0.237 e. The van der Waals surface area contributed by atoms with Gasteiger partial charge in [0.2, 0.25) is 5.91 Å². The van der Waals surface area contributed by atoms with Crippen LogP contribution in [-0.4, -0.2) is 41.1 Å². The highest BCUT2D eigenvalue weighted by Gasteiger charge is 2.32. The van der Waals surface area contributed by atoms with Crippen LogP contribution in [0.4, 0.5) is 0 Å². The predicted molar refractivity (Wildman–Crippen MR) is 105 cm³/mol. The van der Waals surface area contributed by atoms with Crippen LogP contribution in [-0.2, 0) is 11.3 Å². The Hall–Kier alpha value is -1.90. The number of hydrogen-bond donors (Lipinski definition) is 2. The quantitative estimate of drug-likeness (QED) is 0.775. The number of β-amino-alcohol motifs (C(OH)–C–C–N with tert-alkyl or cyclic N) is 1. The van der Waals surface area contributed by atoms with Crippen molar-refractivity contribution in [2.75, 3.05) is 13.1 Å². The van der Waals surface area contributed by atoms with E-state index in [1.165, 1.54) is 32.1 Å². The van der Waals surface area contributed by atoms with Gasteiger partial charge in [0.1, 0.15) is 0 Å². The molecule has 2 atom stereocenters. The van der Waals surface area contributed by atoms with Gasteiger partial charge in [-0.15, -0.1) is 0 Å². The Balaban J connectivity index is 1.46. The van der Waals surface area contributed by atoms with Gasteiger partial charge in [-0.2, -0.15) is 5.26 Å². The smallest absolute Gasteiger partial charge is 0.237 e. The second-order valence-corrected chi connectivity index (χ2v) is 8.07. The third-order valence-corrected chi connectivity index (χ3v) is 5.99. The molecule has 1 saturated carbocycles. The fourth-order valence-electron chi connectivity index (χ4n) is 4.50. The first-order valence-electron chi connectivity index (χ1n) is 10.3. The van der Waals surface area contributed by atoms with Gasteiger partial charge in [0.25, 0.3) is 0 Å². The lowest BCUT2D eigenvalue weighted by molar-refractivity contribution is -0.126. The van der Waals surface area contributed by atoms with E-state index < -0.39 is 0 Å². The van der Waals surface area contributed by atoms with Gasteiger partial charge in [-0.3, -0.25) is 9.69 Å². The van der Waals surface area contributed by atoms with Crippen LogP contribution < -0.4 is 5.32 Å². The molecule has 0 bridgehead atoms. The predicted octanol–water partition coefficient (Wildman–Crippen LogP) is 2.97. The Labute approximate surface area is 162 Å². The van der Waals surface area contributed by atoms with Crippen molar-refractivity contribution in [2.24, 2.45) is 5.92 Å². The highest BCUT2D eigenvalue weighted by Crippen LogP contribution is 2.28. The molecule has 1 saturated heterocycles. The SMILES string of the molecule is N#Cc1ccc(CNC(=O)[C@@H]2CCCN2CC(O)CC2CCCCC2)cc1.